The van der Waals surface area contributed by atoms with Crippen molar-refractivity contribution in [3.63, 3.8) is 0 Å². The van der Waals surface area contributed by atoms with E-state index in [2.05, 4.69) is 128 Å². The monoisotopic (exact) mass is 2230 g/mol. The van der Waals surface area contributed by atoms with Crippen LogP contribution in [0.5, 0.6) is 12.0 Å². The molecule has 4 N–H and O–H groups in total. The third-order valence-corrected chi connectivity index (χ3v) is 38.6. The number of hydrogen-bond donors (Lipinski definition) is 4. The number of benzene rings is 4. The number of anilines is 3. The van der Waals surface area contributed by atoms with E-state index in [4.69, 9.17) is 49.5 Å². The molecule has 7 fully saturated rings. The highest BCUT2D eigenvalue weighted by Crippen LogP contribution is 2.38. The Balaban J connectivity index is 0.000000197. The van der Waals surface area contributed by atoms with Crippen molar-refractivity contribution in [1.82, 2.24) is 54.2 Å². The van der Waals surface area contributed by atoms with Crippen LogP contribution in [0.15, 0.2) is 162 Å². The fourth-order valence-electron chi connectivity index (χ4n) is 15.7. The fourth-order valence-corrected chi connectivity index (χ4v) is 30.4. The van der Waals surface area contributed by atoms with Gasteiger partial charge >= 0.3 is 12.0 Å². The van der Waals surface area contributed by atoms with E-state index in [9.17, 15) is 46.7 Å². The molecule has 29 nitrogen and oxygen atoms in total. The van der Waals surface area contributed by atoms with Crippen LogP contribution in [-0.2, 0) is 190 Å². The molecule has 0 saturated carbocycles. The number of alkyl halides is 3. The molecule has 134 heavy (non-hydrogen) atoms. The van der Waals surface area contributed by atoms with Crippen molar-refractivity contribution in [2.45, 2.75) is 147 Å². The molecule has 7 saturated heterocycles. The zero-order valence-electron chi connectivity index (χ0n) is 69.6. The summed E-state index contributed by atoms with van der Waals surface area (Å²) in [5, 5.41) is 12.2. The van der Waals surface area contributed by atoms with Crippen molar-refractivity contribution in [2.24, 2.45) is 0 Å². The summed E-state index contributed by atoms with van der Waals surface area (Å²) in [6, 6.07) is 30.1. The lowest BCUT2D eigenvalue weighted by Gasteiger charge is -2.24. The topological polar surface area (TPSA) is 335 Å². The van der Waals surface area contributed by atoms with E-state index in [0.29, 0.717) is 96.1 Å². The van der Waals surface area contributed by atoms with E-state index in [-0.39, 0.29) is 162 Å². The molecular formula is C85H87Br2ClF4N14O15S13. The van der Waals surface area contributed by atoms with Crippen molar-refractivity contribution in [2.75, 3.05) is 76.2 Å². The predicted octanol–water partition coefficient (Wildman–Crippen LogP) is 12.2. The number of methoxy groups -OCH3 is 2. The SMILES string of the molecule is C.C.CO[C@@H]1CO[C@H]2[C@@H]1OC[C@H]2Oc1ncc(-c2ccc3c(c2)c(C(C)=O)cn3CC(=O)N2C[C@H](F)C[C@H]2C(=O)Nc2cccc(-c3ccccc3Cl)c2F)cn1.CO[C@@H]1CO[C@H]2[C@@H]1OC[C@H]2Oc1ncc(-c2ccc3c(c2)c(C(C)=O)cn3CC(=O)N2C[C@H](F)C[C@H]2C(=O)Nc2cccc(Br)n2)cn1.O=C(Nc1cccc(Br)n1)[C@@H]1C[C@@H](F)CN1.S=S=S=S=S.S=S=S=S=S=S=S=S. The molecule has 0 unspecified atom stereocenters. The fraction of sp³-hybridized carbons (Fsp3) is 0.376. The number of rotatable bonds is 21. The lowest BCUT2D eigenvalue weighted by molar-refractivity contribution is -0.137. The normalized spacial score (nSPS) is 22.0. The van der Waals surface area contributed by atoms with Gasteiger partial charge in [0.05, 0.1) is 51.2 Å². The number of ether oxygens (including phenoxy) is 8. The summed E-state index contributed by atoms with van der Waals surface area (Å²) < 4.78 is 108. The first-order chi connectivity index (χ1) is 63.7. The molecule has 0 spiro atoms. The molecule has 4 aromatic carbocycles. The first-order valence-electron chi connectivity index (χ1n) is 40.0. The number of nitrogens with zero attached hydrogens (tertiary/aromatic N) is 10. The molecule has 0 aliphatic carbocycles. The van der Waals surface area contributed by atoms with Gasteiger partial charge in [0, 0.05) is 262 Å². The molecule has 0 radical (unpaired) electrons. The van der Waals surface area contributed by atoms with Crippen LogP contribution in [0.25, 0.3) is 55.2 Å². The van der Waals surface area contributed by atoms with Crippen molar-refractivity contribution in [1.29, 1.82) is 0 Å². The predicted molar refractivity (Wildman–Crippen MR) is 542 cm³/mol. The third-order valence-electron chi connectivity index (χ3n) is 21.8. The second-order valence-corrected chi connectivity index (χ2v) is 47.9. The number of pyridine rings is 2. The second kappa shape index (κ2) is 51.3. The summed E-state index contributed by atoms with van der Waals surface area (Å²) in [6.45, 7) is 3.67. The molecule has 10 aromatic rings. The minimum absolute atomic E-state index is 0. The maximum absolute atomic E-state index is 15.6. The molecule has 14 atom stereocenters. The number of carbonyl (C=O) groups excluding carboxylic acids is 7. The van der Waals surface area contributed by atoms with Crippen LogP contribution < -0.4 is 30.7 Å². The Bertz CT molecular complexity index is 6370. The molecule has 13 heterocycles. The van der Waals surface area contributed by atoms with Crippen LogP contribution in [-0.4, -0.2) is 236 Å². The van der Waals surface area contributed by atoms with Crippen LogP contribution >= 0.6 is 43.5 Å². The van der Waals surface area contributed by atoms with Gasteiger partial charge in [0.15, 0.2) is 29.6 Å². The summed E-state index contributed by atoms with van der Waals surface area (Å²) in [5.74, 6) is -2.84. The van der Waals surface area contributed by atoms with Gasteiger partial charge < -0.3 is 78.1 Å². The molecule has 6 aromatic heterocycles. The van der Waals surface area contributed by atoms with Gasteiger partial charge in [0.25, 0.3) is 0 Å². The van der Waals surface area contributed by atoms with E-state index in [1.807, 2.05) is 24.3 Å². The Kier molecular flexibility index (Phi) is 40.8. The summed E-state index contributed by atoms with van der Waals surface area (Å²) >= 11 is 30.9. The first kappa shape index (κ1) is 107. The Morgan fingerprint density at radius 3 is 1.34 bits per heavy atom. The molecule has 0 bridgehead atoms. The number of Topliss-reactive ketones (excluding diaryl/α,β-unsaturated/α-hetero) is 2. The summed E-state index contributed by atoms with van der Waals surface area (Å²) in [4.78, 5) is 119. The van der Waals surface area contributed by atoms with Gasteiger partial charge in [-0.2, -0.15) is 0 Å². The largest absolute Gasteiger partial charge is 0.455 e. The summed E-state index contributed by atoms with van der Waals surface area (Å²) in [7, 11) is 16.3. The van der Waals surface area contributed by atoms with Gasteiger partial charge in [-0.05, 0) is 117 Å². The van der Waals surface area contributed by atoms with Crippen LogP contribution in [0, 0.1) is 5.82 Å². The second-order valence-electron chi connectivity index (χ2n) is 30.0. The number of hydrogen-bond acceptors (Lipinski definition) is 26. The van der Waals surface area contributed by atoms with Crippen molar-refractivity contribution in [3.8, 4) is 45.4 Å². The van der Waals surface area contributed by atoms with Gasteiger partial charge in [0.2, 0.25) is 29.5 Å². The van der Waals surface area contributed by atoms with Crippen molar-refractivity contribution >= 4 is 248 Å². The summed E-state index contributed by atoms with van der Waals surface area (Å²) in [5.41, 5.74) is 5.35. The molecule has 5 amide bonds. The molecule has 714 valence electrons. The maximum atomic E-state index is 15.6. The number of fused-ring (bicyclic) bond motifs is 4. The Labute approximate surface area is 835 Å². The van der Waals surface area contributed by atoms with Crippen molar-refractivity contribution < 1.29 is 89.0 Å². The smallest absolute Gasteiger partial charge is 0.316 e. The van der Waals surface area contributed by atoms with Gasteiger partial charge in [-0.25, -0.2) is 47.5 Å². The third kappa shape index (κ3) is 27.2. The number of likely N-dealkylation sites (tertiary alicyclic amines) is 2. The Hall–Kier alpha value is -7.74. The zero-order chi connectivity index (χ0) is 93.8. The van der Waals surface area contributed by atoms with Gasteiger partial charge in [-0.1, -0.05) is 81.1 Å². The number of halogens is 7. The van der Waals surface area contributed by atoms with Crippen molar-refractivity contribution in [3.05, 3.63) is 184 Å². The average Bonchev–Trinajstić information content (AvgIpc) is 1.69. The van der Waals surface area contributed by atoms with Crippen LogP contribution in [0.1, 0.15) is 68.7 Å². The Morgan fingerprint density at radius 1 is 0.507 bits per heavy atom. The molecule has 49 heteroatoms. The standard InChI is InChI=1S/C40H36ClF2N5O7.C33H32BrFN6O7.C10H11BrFN3O.2CH4.S8.S5/c1-21(49)28-17-47(31-11-10-22(12-27(28)31)23-14-44-40(45-15-23)55-34-20-54-37-33(52-2)19-53-38(34)37)18-35(50)48-16-24(42)13-32(48)39(51)46-30-9-5-7-26(36(30)43)25-6-3-4-8-29(25)41;1-17(42)22-13-40(14-29(43)41-12-20(35)9-24(41)32(44)39-28-5-3-4-27(34)38-28)23-7-6-18(8-21(22)23)19-10-36-33(37-11-19)48-26-16-47-30-25(45-2)15-46-31(26)30;11-8-2-1-3-9(14-8)15-10(16)7-4-6(12)5-13-7;;;1-3-5-7-8-6-4-2;1-3-5-4-2/h3-12,14-15,17,24,32-34,37-38H,13,16,18-20H2,1-2H3,(H,46,51);3-8,10-11,13,20,24-26,30-31H,9,12,14-16H2,1-2H3,(H,38,39,44);1-3,6-7,13H,4-5H2,(H,14,15,16);2*1H4;;/t24-,32+,33-,34-,37-,38-;20-,24+,25-,26-,30-,31-;6-,7+;;;;/m111..../s1. The minimum atomic E-state index is -1.46. The zero-order valence-corrected chi connectivity index (χ0v) is 84.1. The van der Waals surface area contributed by atoms with Crippen LogP contribution in [0.3, 0.4) is 0 Å². The highest BCUT2D eigenvalue weighted by atomic mass is 79.9. The van der Waals surface area contributed by atoms with E-state index in [0.717, 1.165) is 16.0 Å². The highest BCUT2D eigenvalue weighted by Gasteiger charge is 2.51. The Morgan fingerprint density at radius 2 is 0.925 bits per heavy atom. The van der Waals surface area contributed by atoms with Gasteiger partial charge in [0.1, 0.15) is 101 Å². The molecular weight excluding hydrogens is 2150 g/mol. The number of carbonyl (C=O) groups is 7. The number of aromatic nitrogens is 8. The molecule has 17 rings (SSSR count). The maximum Gasteiger partial charge on any atom is 0.316 e. The lowest BCUT2D eigenvalue weighted by Crippen LogP contribution is -2.44. The van der Waals surface area contributed by atoms with Crippen LogP contribution in [0.4, 0.5) is 34.9 Å². The van der Waals surface area contributed by atoms with E-state index < -0.39 is 66.1 Å². The van der Waals surface area contributed by atoms with E-state index in [1.54, 1.807) is 181 Å². The minimum Gasteiger partial charge on any atom is -0.455 e. The van der Waals surface area contributed by atoms with Crippen LogP contribution in [0.2, 0.25) is 5.02 Å². The highest BCUT2D eigenvalue weighted by molar-refractivity contribution is 9.10. The average molecular weight is 2230 g/mol. The molecule has 7 aliphatic heterocycles. The number of nitrogens with one attached hydrogen (secondary N) is 4. The number of amides is 5. The number of ketones is 2. The van der Waals surface area contributed by atoms with E-state index >= 15 is 4.39 Å². The van der Waals surface area contributed by atoms with Gasteiger partial charge in [-0.3, -0.25) is 33.6 Å². The molecule has 7 aliphatic rings. The van der Waals surface area contributed by atoms with E-state index in [1.165, 1.54) is 69.2 Å². The van der Waals surface area contributed by atoms with Gasteiger partial charge in [-0.15, -0.1) is 0 Å². The summed E-state index contributed by atoms with van der Waals surface area (Å²) in [6.07, 6.45) is 3.81. The quantitative estimate of drug-likeness (QED) is 0.0295. The lowest BCUT2D eigenvalue weighted by atomic mass is 10.0. The first-order valence-corrected chi connectivity index (χ1v) is 56.6.